The second-order valence-electron chi connectivity index (χ2n) is 5.99. The van der Waals surface area contributed by atoms with E-state index in [2.05, 4.69) is 37.3 Å². The fraction of sp³-hybridized carbons (Fsp3) is 0.500. The fourth-order valence-corrected chi connectivity index (χ4v) is 2.92. The number of benzene rings is 1. The van der Waals surface area contributed by atoms with Crippen LogP contribution in [0.4, 0.5) is 0 Å². The molecular weight excluding hydrogens is 256 g/mol. The standard InChI is InChI=1S/C20H28O/c1-2-3-4-5-6-7-8-9-13-18-16-15-17-12-10-11-14-19(17)20(18)21/h9-16,18,20-21H,2-8H2,1H3/b13-9+/t18-,20-/m0/s1. The van der Waals surface area contributed by atoms with Crippen molar-refractivity contribution in [1.29, 1.82) is 0 Å². The minimum Gasteiger partial charge on any atom is -0.387 e. The van der Waals surface area contributed by atoms with Gasteiger partial charge in [-0.2, -0.15) is 0 Å². The topological polar surface area (TPSA) is 20.2 Å². The summed E-state index contributed by atoms with van der Waals surface area (Å²) in [7, 11) is 0. The maximum Gasteiger partial charge on any atom is 0.0893 e. The van der Waals surface area contributed by atoms with Gasteiger partial charge in [0.05, 0.1) is 6.10 Å². The van der Waals surface area contributed by atoms with E-state index in [9.17, 15) is 5.11 Å². The summed E-state index contributed by atoms with van der Waals surface area (Å²) in [5, 5.41) is 10.4. The van der Waals surface area contributed by atoms with Crippen LogP contribution in [0.5, 0.6) is 0 Å². The second-order valence-corrected chi connectivity index (χ2v) is 5.99. The van der Waals surface area contributed by atoms with Crippen molar-refractivity contribution in [3.05, 3.63) is 53.6 Å². The van der Waals surface area contributed by atoms with E-state index in [4.69, 9.17) is 0 Å². The summed E-state index contributed by atoms with van der Waals surface area (Å²) in [5.41, 5.74) is 2.19. The summed E-state index contributed by atoms with van der Waals surface area (Å²) in [4.78, 5) is 0. The predicted octanol–water partition coefficient (Wildman–Crippen LogP) is 5.67. The summed E-state index contributed by atoms with van der Waals surface area (Å²) >= 11 is 0. The Balaban J connectivity index is 1.73. The van der Waals surface area contributed by atoms with Gasteiger partial charge < -0.3 is 5.11 Å². The Morgan fingerprint density at radius 2 is 1.81 bits per heavy atom. The van der Waals surface area contributed by atoms with Crippen LogP contribution >= 0.6 is 0 Å². The van der Waals surface area contributed by atoms with Crippen molar-refractivity contribution in [3.8, 4) is 0 Å². The van der Waals surface area contributed by atoms with Crippen molar-refractivity contribution in [2.24, 2.45) is 5.92 Å². The number of aliphatic hydroxyl groups excluding tert-OH is 1. The fourth-order valence-electron chi connectivity index (χ4n) is 2.92. The summed E-state index contributed by atoms with van der Waals surface area (Å²) in [6, 6.07) is 8.10. The highest BCUT2D eigenvalue weighted by molar-refractivity contribution is 5.58. The van der Waals surface area contributed by atoms with Crippen LogP contribution in [0.2, 0.25) is 0 Å². The molecule has 2 atom stereocenters. The third-order valence-corrected chi connectivity index (χ3v) is 4.26. The molecule has 1 aliphatic carbocycles. The molecule has 0 amide bonds. The van der Waals surface area contributed by atoms with E-state index >= 15 is 0 Å². The van der Waals surface area contributed by atoms with E-state index in [0.29, 0.717) is 0 Å². The lowest BCUT2D eigenvalue weighted by Gasteiger charge is -2.23. The van der Waals surface area contributed by atoms with Crippen molar-refractivity contribution in [2.75, 3.05) is 0 Å². The number of allylic oxidation sites excluding steroid dienone is 1. The van der Waals surface area contributed by atoms with Crippen LogP contribution in [-0.4, -0.2) is 5.11 Å². The summed E-state index contributed by atoms with van der Waals surface area (Å²) in [5.74, 6) is 0.125. The minimum atomic E-state index is -0.396. The third kappa shape index (κ3) is 4.86. The Kier molecular flexibility index (Phi) is 6.75. The first-order chi connectivity index (χ1) is 10.3. The zero-order valence-electron chi connectivity index (χ0n) is 13.2. The number of aliphatic hydroxyl groups is 1. The highest BCUT2D eigenvalue weighted by Crippen LogP contribution is 2.32. The quantitative estimate of drug-likeness (QED) is 0.481. The van der Waals surface area contributed by atoms with Gasteiger partial charge in [-0.25, -0.2) is 0 Å². The SMILES string of the molecule is CCCCCCCC/C=C/[C@H]1C=Cc2ccccc2[C@H]1O. The number of unbranched alkanes of at least 4 members (excludes halogenated alkanes) is 6. The van der Waals surface area contributed by atoms with Crippen LogP contribution in [0, 0.1) is 5.92 Å². The first kappa shape index (κ1) is 16.0. The summed E-state index contributed by atoms with van der Waals surface area (Å²) in [6.07, 6.45) is 17.4. The molecule has 0 bridgehead atoms. The first-order valence-corrected chi connectivity index (χ1v) is 8.44. The first-order valence-electron chi connectivity index (χ1n) is 8.44. The molecule has 0 aromatic heterocycles. The number of rotatable bonds is 8. The average Bonchev–Trinajstić information content (AvgIpc) is 2.52. The van der Waals surface area contributed by atoms with Crippen LogP contribution in [0.3, 0.4) is 0 Å². The average molecular weight is 284 g/mol. The zero-order chi connectivity index (χ0) is 14.9. The third-order valence-electron chi connectivity index (χ3n) is 4.26. The molecule has 1 aromatic carbocycles. The Morgan fingerprint density at radius 3 is 2.67 bits per heavy atom. The highest BCUT2D eigenvalue weighted by atomic mass is 16.3. The Hall–Kier alpha value is -1.34. The van der Waals surface area contributed by atoms with Gasteiger partial charge in [-0.05, 0) is 24.0 Å². The van der Waals surface area contributed by atoms with Gasteiger partial charge in [0.2, 0.25) is 0 Å². The molecule has 0 fully saturated rings. The van der Waals surface area contributed by atoms with Crippen molar-refractivity contribution >= 4 is 6.08 Å². The van der Waals surface area contributed by atoms with Crippen molar-refractivity contribution in [1.82, 2.24) is 0 Å². The van der Waals surface area contributed by atoms with E-state index in [1.807, 2.05) is 18.2 Å². The van der Waals surface area contributed by atoms with Crippen LogP contribution in [-0.2, 0) is 0 Å². The van der Waals surface area contributed by atoms with E-state index in [-0.39, 0.29) is 5.92 Å². The van der Waals surface area contributed by atoms with E-state index in [0.717, 1.165) is 17.5 Å². The monoisotopic (exact) mass is 284 g/mol. The largest absolute Gasteiger partial charge is 0.387 e. The summed E-state index contributed by atoms with van der Waals surface area (Å²) < 4.78 is 0. The van der Waals surface area contributed by atoms with Gasteiger partial charge in [-0.15, -0.1) is 0 Å². The molecular formula is C20H28O. The molecule has 0 heterocycles. The second kappa shape index (κ2) is 8.84. The maximum atomic E-state index is 10.4. The predicted molar refractivity (Wildman–Crippen MR) is 91.1 cm³/mol. The molecule has 0 aliphatic heterocycles. The van der Waals surface area contributed by atoms with Gasteiger partial charge in [0, 0.05) is 5.92 Å². The van der Waals surface area contributed by atoms with Gasteiger partial charge in [0.25, 0.3) is 0 Å². The van der Waals surface area contributed by atoms with E-state index in [1.54, 1.807) is 0 Å². The summed E-state index contributed by atoms with van der Waals surface area (Å²) in [6.45, 7) is 2.25. The van der Waals surface area contributed by atoms with Gasteiger partial charge in [-0.1, -0.05) is 87.6 Å². The lowest BCUT2D eigenvalue weighted by Crippen LogP contribution is -2.12. The van der Waals surface area contributed by atoms with Crippen molar-refractivity contribution in [2.45, 2.75) is 58.0 Å². The highest BCUT2D eigenvalue weighted by Gasteiger charge is 2.21. The Labute approximate surface area is 129 Å². The molecule has 21 heavy (non-hydrogen) atoms. The molecule has 1 heteroatoms. The van der Waals surface area contributed by atoms with Crippen LogP contribution < -0.4 is 0 Å². The smallest absolute Gasteiger partial charge is 0.0893 e. The van der Waals surface area contributed by atoms with Crippen molar-refractivity contribution in [3.63, 3.8) is 0 Å². The lowest BCUT2D eigenvalue weighted by atomic mass is 9.86. The minimum absolute atomic E-state index is 0.125. The van der Waals surface area contributed by atoms with E-state index in [1.165, 1.54) is 38.5 Å². The van der Waals surface area contributed by atoms with E-state index < -0.39 is 6.10 Å². The molecule has 0 radical (unpaired) electrons. The lowest BCUT2D eigenvalue weighted by molar-refractivity contribution is 0.149. The molecule has 1 N–H and O–H groups in total. The zero-order valence-corrected chi connectivity index (χ0v) is 13.2. The molecule has 114 valence electrons. The van der Waals surface area contributed by atoms with Gasteiger partial charge >= 0.3 is 0 Å². The van der Waals surface area contributed by atoms with Gasteiger partial charge in [0.15, 0.2) is 0 Å². The van der Waals surface area contributed by atoms with Gasteiger partial charge in [-0.3, -0.25) is 0 Å². The van der Waals surface area contributed by atoms with Crippen molar-refractivity contribution < 1.29 is 5.11 Å². The molecule has 1 aromatic rings. The number of fused-ring (bicyclic) bond motifs is 1. The molecule has 0 saturated carbocycles. The molecule has 1 nitrogen and oxygen atoms in total. The number of hydrogen-bond donors (Lipinski definition) is 1. The Bertz CT molecular complexity index is 472. The Morgan fingerprint density at radius 1 is 1.05 bits per heavy atom. The van der Waals surface area contributed by atoms with Crippen LogP contribution in [0.15, 0.2) is 42.5 Å². The van der Waals surface area contributed by atoms with Crippen LogP contribution in [0.1, 0.15) is 69.1 Å². The molecule has 1 aliphatic rings. The number of hydrogen-bond acceptors (Lipinski definition) is 1. The molecule has 0 spiro atoms. The molecule has 0 saturated heterocycles. The molecule has 0 unspecified atom stereocenters. The normalized spacial score (nSPS) is 20.9. The molecule has 2 rings (SSSR count). The van der Waals surface area contributed by atoms with Gasteiger partial charge in [0.1, 0.15) is 0 Å². The maximum absolute atomic E-state index is 10.4. The van der Waals surface area contributed by atoms with Crippen LogP contribution in [0.25, 0.3) is 6.08 Å².